The van der Waals surface area contributed by atoms with Gasteiger partial charge in [-0.15, -0.1) is 0 Å². The number of carbonyl (C=O) groups is 1. The summed E-state index contributed by atoms with van der Waals surface area (Å²) in [5, 5.41) is -0.783. The summed E-state index contributed by atoms with van der Waals surface area (Å²) in [6.45, 7) is 0. The average Bonchev–Trinajstić information content (AvgIpc) is 1.99. The van der Waals surface area contributed by atoms with Crippen molar-refractivity contribution in [2.45, 2.75) is 0 Å². The molecule has 1 rings (SSSR count). The fraction of sp³-hybridized carbons (Fsp3) is 0. The second-order valence-electron chi connectivity index (χ2n) is 2.13. The minimum absolute atomic E-state index is 0.00614. The second-order valence-corrected chi connectivity index (χ2v) is 2.88. The highest BCUT2D eigenvalue weighted by Crippen LogP contribution is 2.24. The standard InChI is InChI=1S/C7H4Cl2FNO/c8-4-1-3(7(9)12)2-5(10)6(4)11/h1-2H,11H2. The summed E-state index contributed by atoms with van der Waals surface area (Å²) in [5.41, 5.74) is 5.00. The third-order valence-corrected chi connectivity index (χ3v) is 1.84. The second kappa shape index (κ2) is 3.29. The Bertz CT molecular complexity index is 317. The highest BCUT2D eigenvalue weighted by molar-refractivity contribution is 6.67. The van der Waals surface area contributed by atoms with E-state index in [-0.39, 0.29) is 16.3 Å². The number of benzene rings is 1. The van der Waals surface area contributed by atoms with Crippen LogP contribution < -0.4 is 5.73 Å². The molecule has 64 valence electrons. The van der Waals surface area contributed by atoms with Crippen LogP contribution in [0.1, 0.15) is 10.4 Å². The molecule has 0 unspecified atom stereocenters. The molecule has 0 aromatic heterocycles. The summed E-state index contributed by atoms with van der Waals surface area (Å²) in [6.07, 6.45) is 0. The van der Waals surface area contributed by atoms with E-state index in [9.17, 15) is 9.18 Å². The first kappa shape index (κ1) is 9.29. The van der Waals surface area contributed by atoms with Gasteiger partial charge in [-0.2, -0.15) is 0 Å². The summed E-state index contributed by atoms with van der Waals surface area (Å²) in [4.78, 5) is 10.6. The lowest BCUT2D eigenvalue weighted by Crippen LogP contribution is -1.96. The number of anilines is 1. The number of rotatable bonds is 1. The van der Waals surface area contributed by atoms with E-state index < -0.39 is 11.1 Å². The van der Waals surface area contributed by atoms with Crippen LogP contribution in [0.2, 0.25) is 5.02 Å². The van der Waals surface area contributed by atoms with Gasteiger partial charge < -0.3 is 5.73 Å². The van der Waals surface area contributed by atoms with Crippen molar-refractivity contribution in [1.82, 2.24) is 0 Å². The Hall–Kier alpha value is -0.800. The van der Waals surface area contributed by atoms with E-state index in [4.69, 9.17) is 28.9 Å². The number of carbonyl (C=O) groups excluding carboxylic acids is 1. The van der Waals surface area contributed by atoms with E-state index in [0.717, 1.165) is 6.07 Å². The molecule has 0 aliphatic heterocycles. The summed E-state index contributed by atoms with van der Waals surface area (Å²) < 4.78 is 12.8. The lowest BCUT2D eigenvalue weighted by molar-refractivity contribution is 0.108. The van der Waals surface area contributed by atoms with Crippen LogP contribution in [-0.2, 0) is 0 Å². The Morgan fingerprint density at radius 3 is 2.50 bits per heavy atom. The fourth-order valence-corrected chi connectivity index (χ4v) is 1.01. The maximum atomic E-state index is 12.8. The first-order valence-corrected chi connectivity index (χ1v) is 3.72. The molecule has 2 N–H and O–H groups in total. The van der Waals surface area contributed by atoms with Gasteiger partial charge in [0.1, 0.15) is 5.82 Å². The monoisotopic (exact) mass is 207 g/mol. The van der Waals surface area contributed by atoms with Crippen molar-refractivity contribution >= 4 is 34.1 Å². The van der Waals surface area contributed by atoms with Gasteiger partial charge in [-0.1, -0.05) is 11.6 Å². The number of nitrogen functional groups attached to an aromatic ring is 1. The van der Waals surface area contributed by atoms with E-state index in [1.807, 2.05) is 0 Å². The number of hydrogen-bond donors (Lipinski definition) is 1. The first-order valence-electron chi connectivity index (χ1n) is 2.96. The summed E-state index contributed by atoms with van der Waals surface area (Å²) in [7, 11) is 0. The zero-order chi connectivity index (χ0) is 9.30. The molecule has 0 aliphatic rings. The van der Waals surface area contributed by atoms with Crippen molar-refractivity contribution in [3.8, 4) is 0 Å². The molecule has 0 spiro atoms. The first-order chi connectivity index (χ1) is 5.52. The van der Waals surface area contributed by atoms with Crippen LogP contribution in [0.25, 0.3) is 0 Å². The number of halogens is 3. The van der Waals surface area contributed by atoms with E-state index >= 15 is 0 Å². The van der Waals surface area contributed by atoms with Crippen molar-refractivity contribution < 1.29 is 9.18 Å². The van der Waals surface area contributed by atoms with Gasteiger partial charge in [0.25, 0.3) is 5.24 Å². The lowest BCUT2D eigenvalue weighted by Gasteiger charge is -2.00. The minimum atomic E-state index is -0.768. The van der Waals surface area contributed by atoms with Crippen LogP contribution in [0.15, 0.2) is 12.1 Å². The molecule has 0 radical (unpaired) electrons. The predicted octanol–water partition coefficient (Wildman–Crippen LogP) is 2.44. The predicted molar refractivity (Wildman–Crippen MR) is 46.0 cm³/mol. The molecule has 0 amide bonds. The highest BCUT2D eigenvalue weighted by atomic mass is 35.5. The van der Waals surface area contributed by atoms with Crippen LogP contribution in [0.4, 0.5) is 10.1 Å². The number of hydrogen-bond acceptors (Lipinski definition) is 2. The Balaban J connectivity index is 3.31. The summed E-state index contributed by atoms with van der Waals surface area (Å²) >= 11 is 10.6. The van der Waals surface area contributed by atoms with Crippen molar-refractivity contribution in [2.24, 2.45) is 0 Å². The van der Waals surface area contributed by atoms with Crippen molar-refractivity contribution in [3.63, 3.8) is 0 Å². The van der Waals surface area contributed by atoms with Crippen LogP contribution in [0.5, 0.6) is 0 Å². The van der Waals surface area contributed by atoms with Gasteiger partial charge in [0.2, 0.25) is 0 Å². The molecule has 0 bridgehead atoms. The molecule has 0 fully saturated rings. The van der Waals surface area contributed by atoms with Gasteiger partial charge in [0.05, 0.1) is 10.7 Å². The molecule has 1 aromatic carbocycles. The van der Waals surface area contributed by atoms with Gasteiger partial charge in [-0.25, -0.2) is 4.39 Å². The largest absolute Gasteiger partial charge is 0.395 e. The molecule has 0 saturated heterocycles. The molecule has 0 heterocycles. The van der Waals surface area contributed by atoms with Gasteiger partial charge in [-0.3, -0.25) is 4.79 Å². The maximum absolute atomic E-state index is 12.8. The quantitative estimate of drug-likeness (QED) is 0.568. The molecule has 5 heteroatoms. The Kier molecular flexibility index (Phi) is 2.55. The molecule has 0 atom stereocenters. The van der Waals surface area contributed by atoms with E-state index in [2.05, 4.69) is 0 Å². The third kappa shape index (κ3) is 1.68. The van der Waals surface area contributed by atoms with Crippen molar-refractivity contribution in [3.05, 3.63) is 28.5 Å². The van der Waals surface area contributed by atoms with Gasteiger partial charge in [-0.05, 0) is 23.7 Å². The molecule has 1 aromatic rings. The molecular formula is C7H4Cl2FNO. The molecular weight excluding hydrogens is 204 g/mol. The smallest absolute Gasteiger partial charge is 0.252 e. The Labute approximate surface area is 78.1 Å². The lowest BCUT2D eigenvalue weighted by atomic mass is 10.2. The van der Waals surface area contributed by atoms with Crippen LogP contribution >= 0.6 is 23.2 Å². The number of nitrogens with two attached hydrogens (primary N) is 1. The van der Waals surface area contributed by atoms with E-state index in [1.54, 1.807) is 0 Å². The molecule has 0 aliphatic carbocycles. The summed E-state index contributed by atoms with van der Waals surface area (Å²) in [5.74, 6) is -0.744. The van der Waals surface area contributed by atoms with Crippen LogP contribution in [0.3, 0.4) is 0 Å². The highest BCUT2D eigenvalue weighted by Gasteiger charge is 2.09. The van der Waals surface area contributed by atoms with Crippen molar-refractivity contribution in [1.29, 1.82) is 0 Å². The normalized spacial score (nSPS) is 9.92. The van der Waals surface area contributed by atoms with Gasteiger partial charge in [0, 0.05) is 5.56 Å². The van der Waals surface area contributed by atoms with E-state index in [1.165, 1.54) is 6.07 Å². The third-order valence-electron chi connectivity index (χ3n) is 1.31. The zero-order valence-corrected chi connectivity index (χ0v) is 7.29. The Morgan fingerprint density at radius 1 is 1.50 bits per heavy atom. The topological polar surface area (TPSA) is 43.1 Å². The SMILES string of the molecule is Nc1c(F)cc(C(=O)Cl)cc1Cl. The van der Waals surface area contributed by atoms with Crippen molar-refractivity contribution in [2.75, 3.05) is 5.73 Å². The minimum Gasteiger partial charge on any atom is -0.395 e. The van der Waals surface area contributed by atoms with Gasteiger partial charge in [0.15, 0.2) is 0 Å². The molecule has 0 saturated carbocycles. The fourth-order valence-electron chi connectivity index (χ4n) is 0.698. The average molecular weight is 208 g/mol. The summed E-state index contributed by atoms with van der Waals surface area (Å²) in [6, 6.07) is 2.16. The molecule has 2 nitrogen and oxygen atoms in total. The van der Waals surface area contributed by atoms with Gasteiger partial charge >= 0.3 is 0 Å². The van der Waals surface area contributed by atoms with Crippen LogP contribution in [0, 0.1) is 5.82 Å². The Morgan fingerprint density at radius 2 is 2.08 bits per heavy atom. The van der Waals surface area contributed by atoms with Crippen LogP contribution in [-0.4, -0.2) is 5.24 Å². The molecule has 12 heavy (non-hydrogen) atoms. The van der Waals surface area contributed by atoms with E-state index in [0.29, 0.717) is 0 Å². The zero-order valence-electron chi connectivity index (χ0n) is 5.77. The maximum Gasteiger partial charge on any atom is 0.252 e.